The number of rotatable bonds is 2. The van der Waals surface area contributed by atoms with Crippen LogP contribution in [0.4, 0.5) is 0 Å². The Balaban J connectivity index is 2.22. The minimum Gasteiger partial charge on any atom is -0.481 e. The van der Waals surface area contributed by atoms with Crippen molar-refractivity contribution in [1.82, 2.24) is 0 Å². The predicted octanol–water partition coefficient (Wildman–Crippen LogP) is 4.18. The molecule has 1 unspecified atom stereocenters. The Morgan fingerprint density at radius 1 is 0.895 bits per heavy atom. The molecule has 0 fully saturated rings. The van der Waals surface area contributed by atoms with Crippen molar-refractivity contribution in [2.24, 2.45) is 0 Å². The summed E-state index contributed by atoms with van der Waals surface area (Å²) in [6.07, 6.45) is 0. The summed E-state index contributed by atoms with van der Waals surface area (Å²) >= 11 is 0. The van der Waals surface area contributed by atoms with Crippen molar-refractivity contribution in [2.45, 2.75) is 12.8 Å². The summed E-state index contributed by atoms with van der Waals surface area (Å²) in [4.78, 5) is 11.0. The molecule has 1 N–H and O–H groups in total. The van der Waals surface area contributed by atoms with Crippen LogP contribution in [-0.2, 0) is 4.79 Å². The minimum absolute atomic E-state index is 0.476. The Morgan fingerprint density at radius 3 is 2.11 bits per heavy atom. The van der Waals surface area contributed by atoms with Gasteiger partial charge >= 0.3 is 5.97 Å². The van der Waals surface area contributed by atoms with Crippen LogP contribution >= 0.6 is 0 Å². The molecule has 0 aliphatic heterocycles. The van der Waals surface area contributed by atoms with Gasteiger partial charge in [0.2, 0.25) is 0 Å². The fourth-order valence-electron chi connectivity index (χ4n) is 2.37. The quantitative estimate of drug-likeness (QED) is 0.693. The first-order chi connectivity index (χ1) is 9.15. The van der Waals surface area contributed by atoms with Gasteiger partial charge in [-0.15, -0.1) is 0 Å². The van der Waals surface area contributed by atoms with Gasteiger partial charge in [0.1, 0.15) is 0 Å². The summed E-state index contributed by atoms with van der Waals surface area (Å²) in [6, 6.07) is 18.3. The molecule has 3 aromatic rings. The van der Waals surface area contributed by atoms with Crippen LogP contribution in [0.3, 0.4) is 0 Å². The van der Waals surface area contributed by atoms with Crippen LogP contribution in [0, 0.1) is 0 Å². The summed E-state index contributed by atoms with van der Waals surface area (Å²) in [7, 11) is 0. The molecule has 2 nitrogen and oxygen atoms in total. The van der Waals surface area contributed by atoms with Gasteiger partial charge in [0.25, 0.3) is 0 Å². The molecule has 0 bridgehead atoms. The van der Waals surface area contributed by atoms with E-state index in [9.17, 15) is 4.79 Å². The molecule has 0 aliphatic rings. The molecule has 19 heavy (non-hydrogen) atoms. The molecule has 0 spiro atoms. The Kier molecular flexibility index (Phi) is 2.71. The summed E-state index contributed by atoms with van der Waals surface area (Å²) in [5, 5.41) is 13.7. The van der Waals surface area contributed by atoms with E-state index in [1.165, 1.54) is 10.8 Å². The lowest BCUT2D eigenvalue weighted by atomic mass is 9.96. The Labute approximate surface area is 111 Å². The van der Waals surface area contributed by atoms with Gasteiger partial charge in [-0.25, -0.2) is 0 Å². The number of carbonyl (C=O) groups is 1. The topological polar surface area (TPSA) is 37.3 Å². The molecule has 94 valence electrons. The summed E-state index contributed by atoms with van der Waals surface area (Å²) in [5.41, 5.74) is 0.843. The largest absolute Gasteiger partial charge is 0.481 e. The Bertz CT molecular complexity index is 774. The van der Waals surface area contributed by atoms with Gasteiger partial charge in [0.05, 0.1) is 5.92 Å². The number of aliphatic carboxylic acids is 1. The van der Waals surface area contributed by atoms with Gasteiger partial charge in [0, 0.05) is 0 Å². The van der Waals surface area contributed by atoms with E-state index < -0.39 is 11.9 Å². The fourth-order valence-corrected chi connectivity index (χ4v) is 2.37. The van der Waals surface area contributed by atoms with Gasteiger partial charge in [-0.1, -0.05) is 42.5 Å². The molecule has 0 saturated heterocycles. The van der Waals surface area contributed by atoms with E-state index in [0.717, 1.165) is 16.3 Å². The zero-order valence-electron chi connectivity index (χ0n) is 10.6. The third-order valence-corrected chi connectivity index (χ3v) is 3.60. The van der Waals surface area contributed by atoms with Gasteiger partial charge in [-0.2, -0.15) is 0 Å². The van der Waals surface area contributed by atoms with Crippen molar-refractivity contribution in [3.63, 3.8) is 0 Å². The van der Waals surface area contributed by atoms with E-state index in [2.05, 4.69) is 24.3 Å². The molecule has 1 atom stereocenters. The highest BCUT2D eigenvalue weighted by Gasteiger charge is 2.13. The Morgan fingerprint density at radius 2 is 1.47 bits per heavy atom. The average molecular weight is 250 g/mol. The number of hydrogen-bond donors (Lipinski definition) is 1. The van der Waals surface area contributed by atoms with E-state index in [4.69, 9.17) is 5.11 Å². The van der Waals surface area contributed by atoms with Gasteiger partial charge in [-0.3, -0.25) is 4.79 Å². The standard InChI is InChI=1S/C17H14O2/c1-11(17(18)19)12-6-7-15-9-13-4-2-3-5-14(13)10-16(15)8-12/h2-11H,1H3,(H,18,19). The van der Waals surface area contributed by atoms with E-state index in [-0.39, 0.29) is 0 Å². The van der Waals surface area contributed by atoms with E-state index in [0.29, 0.717) is 0 Å². The molecule has 0 radical (unpaired) electrons. The molecule has 0 heterocycles. The SMILES string of the molecule is CC(C(=O)O)c1ccc2cc3ccccc3cc2c1. The first-order valence-electron chi connectivity index (χ1n) is 6.30. The van der Waals surface area contributed by atoms with Crippen LogP contribution in [0.15, 0.2) is 54.6 Å². The highest BCUT2D eigenvalue weighted by atomic mass is 16.4. The molecule has 3 rings (SSSR count). The third-order valence-electron chi connectivity index (χ3n) is 3.60. The first kappa shape index (κ1) is 11.7. The molecule has 0 aliphatic carbocycles. The molecule has 3 aromatic carbocycles. The summed E-state index contributed by atoms with van der Waals surface area (Å²) in [5.74, 6) is -1.27. The summed E-state index contributed by atoms with van der Waals surface area (Å²) in [6.45, 7) is 1.71. The van der Waals surface area contributed by atoms with E-state index >= 15 is 0 Å². The highest BCUT2D eigenvalue weighted by Crippen LogP contribution is 2.26. The second-order valence-corrected chi connectivity index (χ2v) is 4.87. The zero-order valence-corrected chi connectivity index (χ0v) is 10.6. The zero-order chi connectivity index (χ0) is 13.4. The van der Waals surface area contributed by atoms with Crippen LogP contribution in [-0.4, -0.2) is 11.1 Å². The molecule has 2 heteroatoms. The number of carboxylic acids is 1. The molecule has 0 aromatic heterocycles. The first-order valence-corrected chi connectivity index (χ1v) is 6.30. The second-order valence-electron chi connectivity index (χ2n) is 4.87. The average Bonchev–Trinajstić information content (AvgIpc) is 2.43. The predicted molar refractivity (Wildman–Crippen MR) is 77.5 cm³/mol. The van der Waals surface area contributed by atoms with Crippen molar-refractivity contribution >= 4 is 27.5 Å². The lowest BCUT2D eigenvalue weighted by Gasteiger charge is -2.09. The highest BCUT2D eigenvalue weighted by molar-refractivity contribution is 5.98. The van der Waals surface area contributed by atoms with Gasteiger partial charge in [0.15, 0.2) is 0 Å². The molecule has 0 amide bonds. The van der Waals surface area contributed by atoms with E-state index in [1.807, 2.05) is 30.3 Å². The van der Waals surface area contributed by atoms with Gasteiger partial charge in [-0.05, 0) is 46.2 Å². The molecule has 0 saturated carbocycles. The maximum absolute atomic E-state index is 11.0. The van der Waals surface area contributed by atoms with E-state index in [1.54, 1.807) is 6.92 Å². The van der Waals surface area contributed by atoms with Gasteiger partial charge < -0.3 is 5.11 Å². The third kappa shape index (κ3) is 2.06. The summed E-state index contributed by atoms with van der Waals surface area (Å²) < 4.78 is 0. The minimum atomic E-state index is -0.792. The maximum atomic E-state index is 11.0. The Hall–Kier alpha value is -2.35. The lowest BCUT2D eigenvalue weighted by Crippen LogP contribution is -2.06. The normalized spacial score (nSPS) is 12.7. The second kappa shape index (κ2) is 4.39. The van der Waals surface area contributed by atoms with Crippen molar-refractivity contribution in [3.8, 4) is 0 Å². The van der Waals surface area contributed by atoms with Crippen LogP contribution in [0.25, 0.3) is 21.5 Å². The van der Waals surface area contributed by atoms with Crippen molar-refractivity contribution in [3.05, 3.63) is 60.2 Å². The van der Waals surface area contributed by atoms with Crippen LogP contribution in [0.5, 0.6) is 0 Å². The monoisotopic (exact) mass is 250 g/mol. The van der Waals surface area contributed by atoms with Crippen LogP contribution in [0.2, 0.25) is 0 Å². The molecular weight excluding hydrogens is 236 g/mol. The van der Waals surface area contributed by atoms with Crippen molar-refractivity contribution in [2.75, 3.05) is 0 Å². The lowest BCUT2D eigenvalue weighted by molar-refractivity contribution is -0.138. The van der Waals surface area contributed by atoms with Crippen molar-refractivity contribution < 1.29 is 9.90 Å². The van der Waals surface area contributed by atoms with Crippen LogP contribution in [0.1, 0.15) is 18.4 Å². The fraction of sp³-hybridized carbons (Fsp3) is 0.118. The van der Waals surface area contributed by atoms with Crippen molar-refractivity contribution in [1.29, 1.82) is 0 Å². The van der Waals surface area contributed by atoms with Crippen LogP contribution < -0.4 is 0 Å². The number of benzene rings is 3. The molecular formula is C17H14O2. The smallest absolute Gasteiger partial charge is 0.310 e. The number of carboxylic acid groups (broad SMARTS) is 1. The number of hydrogen-bond acceptors (Lipinski definition) is 1. The maximum Gasteiger partial charge on any atom is 0.310 e. The number of fused-ring (bicyclic) bond motifs is 2.